The van der Waals surface area contributed by atoms with Gasteiger partial charge in [0.25, 0.3) is 0 Å². The summed E-state index contributed by atoms with van der Waals surface area (Å²) in [5, 5.41) is 4.38. The first-order chi connectivity index (χ1) is 11.5. The van der Waals surface area contributed by atoms with Gasteiger partial charge in [-0.05, 0) is 31.4 Å². The monoisotopic (exact) mass is 343 g/mol. The lowest BCUT2D eigenvalue weighted by atomic mass is 10.1. The van der Waals surface area contributed by atoms with E-state index in [1.807, 2.05) is 31.2 Å². The number of aryl methyl sites for hydroxylation is 2. The van der Waals surface area contributed by atoms with Crippen molar-refractivity contribution in [2.75, 3.05) is 19.0 Å². The number of ether oxygens (including phenoxy) is 1. The molecule has 6 nitrogen and oxygen atoms in total. The fourth-order valence-electron chi connectivity index (χ4n) is 2.69. The van der Waals surface area contributed by atoms with Crippen LogP contribution in [0.2, 0.25) is 0 Å². The molecule has 0 fully saturated rings. The van der Waals surface area contributed by atoms with Crippen LogP contribution in [-0.2, 0) is 4.74 Å². The number of anilines is 1. The fraction of sp³-hybridized carbons (Fsp3) is 0.235. The molecule has 3 aromatic rings. The molecule has 2 N–H and O–H groups in total. The number of H-pyrrole nitrogens is 1. The van der Waals surface area contributed by atoms with Gasteiger partial charge in [-0.3, -0.25) is 4.79 Å². The van der Waals surface area contributed by atoms with Crippen molar-refractivity contribution in [1.29, 1.82) is 0 Å². The maximum Gasteiger partial charge on any atom is 0.343 e. The average Bonchev–Trinajstić information content (AvgIpc) is 3.11. The standard InChI is InChI=1S/C17H17N3O3S/c1-9-14(11-6-4-5-7-12(11)19-9)13(21)8-23-17(22)15-10(2)20-24-16(15)18-3/h4-7,18-19H,8H2,1-3H3. The first-order valence-electron chi connectivity index (χ1n) is 7.44. The number of hydrogen-bond acceptors (Lipinski definition) is 6. The van der Waals surface area contributed by atoms with E-state index in [0.29, 0.717) is 21.8 Å². The van der Waals surface area contributed by atoms with E-state index >= 15 is 0 Å². The topological polar surface area (TPSA) is 84.1 Å². The number of hydrogen-bond donors (Lipinski definition) is 2. The summed E-state index contributed by atoms with van der Waals surface area (Å²) in [7, 11) is 1.71. The Morgan fingerprint density at radius 3 is 2.75 bits per heavy atom. The minimum Gasteiger partial charge on any atom is -0.454 e. The Morgan fingerprint density at radius 1 is 1.25 bits per heavy atom. The zero-order chi connectivity index (χ0) is 17.3. The van der Waals surface area contributed by atoms with Crippen molar-refractivity contribution in [3.63, 3.8) is 0 Å². The minimum absolute atomic E-state index is 0.231. The zero-order valence-corrected chi connectivity index (χ0v) is 14.4. The van der Waals surface area contributed by atoms with Crippen LogP contribution in [0, 0.1) is 13.8 Å². The van der Waals surface area contributed by atoms with Crippen molar-refractivity contribution in [3.05, 3.63) is 46.8 Å². The van der Waals surface area contributed by atoms with Crippen LogP contribution in [0.15, 0.2) is 24.3 Å². The molecule has 0 saturated heterocycles. The number of Topliss-reactive ketones (excluding diaryl/α,β-unsaturated/α-hetero) is 1. The second-order valence-electron chi connectivity index (χ2n) is 5.39. The third-order valence-electron chi connectivity index (χ3n) is 3.80. The molecule has 0 aliphatic carbocycles. The van der Waals surface area contributed by atoms with Crippen LogP contribution in [0.3, 0.4) is 0 Å². The molecule has 1 aromatic carbocycles. The van der Waals surface area contributed by atoms with Crippen LogP contribution in [-0.4, -0.2) is 34.8 Å². The van der Waals surface area contributed by atoms with Crippen molar-refractivity contribution in [2.24, 2.45) is 0 Å². The summed E-state index contributed by atoms with van der Waals surface area (Å²) in [6, 6.07) is 7.56. The average molecular weight is 343 g/mol. The van der Waals surface area contributed by atoms with Gasteiger partial charge in [0.2, 0.25) is 5.78 Å². The normalized spacial score (nSPS) is 10.8. The Hall–Kier alpha value is -2.67. The maximum absolute atomic E-state index is 12.5. The Bertz CT molecular complexity index is 926. The van der Waals surface area contributed by atoms with Gasteiger partial charge in [0.15, 0.2) is 6.61 Å². The summed E-state index contributed by atoms with van der Waals surface area (Å²) in [4.78, 5) is 28.0. The van der Waals surface area contributed by atoms with E-state index in [-0.39, 0.29) is 12.4 Å². The minimum atomic E-state index is -0.545. The van der Waals surface area contributed by atoms with Crippen LogP contribution >= 0.6 is 11.5 Å². The molecule has 0 unspecified atom stereocenters. The predicted molar refractivity (Wildman–Crippen MR) is 94.0 cm³/mol. The summed E-state index contributed by atoms with van der Waals surface area (Å²) in [6.07, 6.45) is 0. The second-order valence-corrected chi connectivity index (χ2v) is 6.17. The van der Waals surface area contributed by atoms with Crippen molar-refractivity contribution in [2.45, 2.75) is 13.8 Å². The molecule has 7 heteroatoms. The number of fused-ring (bicyclic) bond motifs is 1. The molecule has 0 bridgehead atoms. The molecule has 0 radical (unpaired) electrons. The molecule has 24 heavy (non-hydrogen) atoms. The van der Waals surface area contributed by atoms with Gasteiger partial charge in [0, 0.05) is 29.2 Å². The molecule has 0 saturated carbocycles. The molecular formula is C17H17N3O3S. The number of nitrogens with one attached hydrogen (secondary N) is 2. The molecule has 3 rings (SSSR count). The number of para-hydroxylation sites is 1. The number of esters is 1. The number of nitrogens with zero attached hydrogens (tertiary/aromatic N) is 1. The van der Waals surface area contributed by atoms with Crippen molar-refractivity contribution >= 4 is 39.2 Å². The molecule has 0 aliphatic rings. The van der Waals surface area contributed by atoms with Crippen LogP contribution < -0.4 is 5.32 Å². The summed E-state index contributed by atoms with van der Waals surface area (Å²) in [5.74, 6) is -0.776. The van der Waals surface area contributed by atoms with Crippen molar-refractivity contribution < 1.29 is 14.3 Å². The Labute approximate surface area is 143 Å². The Kier molecular flexibility index (Phi) is 4.35. The highest BCUT2D eigenvalue weighted by Crippen LogP contribution is 2.25. The molecule has 0 atom stereocenters. The molecular weight excluding hydrogens is 326 g/mol. The van der Waals surface area contributed by atoms with Gasteiger partial charge < -0.3 is 15.0 Å². The first kappa shape index (κ1) is 16.2. The van der Waals surface area contributed by atoms with Gasteiger partial charge in [-0.2, -0.15) is 4.37 Å². The number of rotatable bonds is 5. The van der Waals surface area contributed by atoms with Crippen molar-refractivity contribution in [1.82, 2.24) is 9.36 Å². The lowest BCUT2D eigenvalue weighted by Gasteiger charge is -2.06. The molecule has 0 amide bonds. The molecule has 2 aromatic heterocycles. The van der Waals surface area contributed by atoms with E-state index in [9.17, 15) is 9.59 Å². The van der Waals surface area contributed by atoms with E-state index in [4.69, 9.17) is 4.74 Å². The van der Waals surface area contributed by atoms with Crippen molar-refractivity contribution in [3.8, 4) is 0 Å². The lowest BCUT2D eigenvalue weighted by molar-refractivity contribution is 0.0475. The Balaban J connectivity index is 1.79. The molecule has 2 heterocycles. The number of ketones is 1. The summed E-state index contributed by atoms with van der Waals surface area (Å²) >= 11 is 1.19. The highest BCUT2D eigenvalue weighted by atomic mass is 32.1. The second kappa shape index (κ2) is 6.45. The molecule has 124 valence electrons. The molecule has 0 spiro atoms. The van der Waals surface area contributed by atoms with Gasteiger partial charge in [0.1, 0.15) is 10.6 Å². The van der Waals surface area contributed by atoms with Crippen LogP contribution in [0.1, 0.15) is 32.1 Å². The van der Waals surface area contributed by atoms with E-state index < -0.39 is 5.97 Å². The smallest absolute Gasteiger partial charge is 0.343 e. The third-order valence-corrected chi connectivity index (χ3v) is 4.76. The number of benzene rings is 1. The Morgan fingerprint density at radius 2 is 2.00 bits per heavy atom. The van der Waals surface area contributed by atoms with Crippen LogP contribution in [0.5, 0.6) is 0 Å². The molecule has 0 aliphatic heterocycles. The summed E-state index contributed by atoms with van der Waals surface area (Å²) in [5.41, 5.74) is 3.19. The predicted octanol–water partition coefficient (Wildman–Crippen LogP) is 3.32. The van der Waals surface area contributed by atoms with Crippen LogP contribution in [0.25, 0.3) is 10.9 Å². The van der Waals surface area contributed by atoms with Gasteiger partial charge in [-0.1, -0.05) is 18.2 Å². The number of carbonyl (C=O) groups is 2. The van der Waals surface area contributed by atoms with E-state index in [0.717, 1.165) is 16.6 Å². The van der Waals surface area contributed by atoms with E-state index in [1.165, 1.54) is 11.5 Å². The van der Waals surface area contributed by atoms with Gasteiger partial charge in [0.05, 0.1) is 5.69 Å². The quantitative estimate of drug-likeness (QED) is 0.548. The highest BCUT2D eigenvalue weighted by Gasteiger charge is 2.22. The van der Waals surface area contributed by atoms with Crippen LogP contribution in [0.4, 0.5) is 5.00 Å². The van der Waals surface area contributed by atoms with E-state index in [2.05, 4.69) is 14.7 Å². The summed E-state index contributed by atoms with van der Waals surface area (Å²) < 4.78 is 9.35. The van der Waals surface area contributed by atoms with Gasteiger partial charge in [-0.15, -0.1) is 0 Å². The number of carbonyl (C=O) groups excluding carboxylic acids is 2. The van der Waals surface area contributed by atoms with Gasteiger partial charge in [-0.25, -0.2) is 4.79 Å². The zero-order valence-electron chi connectivity index (χ0n) is 13.6. The lowest BCUT2D eigenvalue weighted by Crippen LogP contribution is -2.16. The SMILES string of the molecule is CNc1snc(C)c1C(=O)OCC(=O)c1c(C)[nH]c2ccccc12. The summed E-state index contributed by atoms with van der Waals surface area (Å²) in [6.45, 7) is 3.26. The first-order valence-corrected chi connectivity index (χ1v) is 8.22. The largest absolute Gasteiger partial charge is 0.454 e. The fourth-order valence-corrected chi connectivity index (χ4v) is 3.43. The third kappa shape index (κ3) is 2.78. The highest BCUT2D eigenvalue weighted by molar-refractivity contribution is 7.10. The maximum atomic E-state index is 12.5. The number of aromatic nitrogens is 2. The van der Waals surface area contributed by atoms with E-state index in [1.54, 1.807) is 14.0 Å². The number of aromatic amines is 1. The van der Waals surface area contributed by atoms with Gasteiger partial charge >= 0.3 is 5.97 Å².